The zero-order valence-corrected chi connectivity index (χ0v) is 11.3. The van der Waals surface area contributed by atoms with Gasteiger partial charge in [0.2, 0.25) is 0 Å². The molecule has 1 atom stereocenters. The molecule has 0 heterocycles. The third-order valence-electron chi connectivity index (χ3n) is 2.14. The van der Waals surface area contributed by atoms with Crippen molar-refractivity contribution >= 4 is 35.0 Å². The fourth-order valence-electron chi connectivity index (χ4n) is 1.25. The van der Waals surface area contributed by atoms with E-state index < -0.39 is 22.1 Å². The summed E-state index contributed by atoms with van der Waals surface area (Å²) in [5.41, 5.74) is 5.00. The molecule has 17 heavy (non-hydrogen) atoms. The molecule has 0 radical (unpaired) electrons. The monoisotopic (exact) mass is 298 g/mol. The molecule has 0 aliphatic rings. The predicted molar refractivity (Wildman–Crippen MR) is 65.7 cm³/mol. The fourth-order valence-corrected chi connectivity index (χ4v) is 2.22. The van der Waals surface area contributed by atoms with Gasteiger partial charge in [0.1, 0.15) is 10.8 Å². The van der Waals surface area contributed by atoms with Crippen LogP contribution in [-0.2, 0) is 5.06 Å². The zero-order valence-electron chi connectivity index (χ0n) is 8.95. The van der Waals surface area contributed by atoms with E-state index in [9.17, 15) is 15.3 Å². The number of phenols is 1. The molecule has 0 spiro atoms. The summed E-state index contributed by atoms with van der Waals surface area (Å²) in [4.78, 5) is 0. The Kier molecular flexibility index (Phi) is 4.27. The Balaban J connectivity index is 3.65. The number of aromatic hydroxyl groups is 1. The summed E-state index contributed by atoms with van der Waals surface area (Å²) in [6.45, 7) is 0. The number of thioether (sulfide) groups is 1. The van der Waals surface area contributed by atoms with Gasteiger partial charge in [-0.05, 0) is 6.26 Å². The highest BCUT2D eigenvalue weighted by Crippen LogP contribution is 2.51. The molecule has 1 rings (SSSR count). The van der Waals surface area contributed by atoms with Gasteiger partial charge in [0.25, 0.3) is 0 Å². The number of hydrogen-bond acceptors (Lipinski definition) is 6. The standard InChI is InChI=1S/C9H11Cl2NO4S/c1-16-8-4(10)6(13)3(7(14)5(8)11)9(12,15)17-2/h13-15H,12H2,1-2H3/p-1. The van der Waals surface area contributed by atoms with Crippen LogP contribution in [0.15, 0.2) is 0 Å². The maximum absolute atomic E-state index is 11.8. The van der Waals surface area contributed by atoms with Crippen molar-refractivity contribution < 1.29 is 20.1 Å². The first-order valence-corrected chi connectivity index (χ1v) is 6.27. The molecular formula is C9H10Cl2NO4S-. The van der Waals surface area contributed by atoms with Crippen LogP contribution in [0.25, 0.3) is 0 Å². The maximum Gasteiger partial charge on any atom is 0.191 e. The highest BCUT2D eigenvalue weighted by atomic mass is 35.5. The Labute approximate surface area is 112 Å². The van der Waals surface area contributed by atoms with Crippen LogP contribution < -0.4 is 15.6 Å². The Bertz CT molecular complexity index is 424. The van der Waals surface area contributed by atoms with Crippen LogP contribution in [0.3, 0.4) is 0 Å². The first kappa shape index (κ1) is 14.5. The third-order valence-corrected chi connectivity index (χ3v) is 3.66. The van der Waals surface area contributed by atoms with Crippen LogP contribution in [0, 0.1) is 0 Å². The summed E-state index contributed by atoms with van der Waals surface area (Å²) in [5.74, 6) is -1.63. The highest BCUT2D eigenvalue weighted by Gasteiger charge is 2.31. The SMILES string of the molecule is COc1c(Cl)c([O-])c(C(N)(O)SC)c(O)c1Cl. The number of methoxy groups -OCH3 is 1. The van der Waals surface area contributed by atoms with Gasteiger partial charge in [-0.1, -0.05) is 29.0 Å². The fraction of sp³-hybridized carbons (Fsp3) is 0.333. The van der Waals surface area contributed by atoms with E-state index in [-0.39, 0.29) is 15.8 Å². The number of phenolic OH excluding ortho intramolecular Hbond substituents is 1. The van der Waals surface area contributed by atoms with Crippen molar-refractivity contribution in [3.63, 3.8) is 0 Å². The lowest BCUT2D eigenvalue weighted by Crippen LogP contribution is -2.33. The number of hydrogen-bond donors (Lipinski definition) is 3. The van der Waals surface area contributed by atoms with Gasteiger partial charge in [0.05, 0.1) is 12.1 Å². The van der Waals surface area contributed by atoms with E-state index in [1.54, 1.807) is 0 Å². The topological polar surface area (TPSA) is 98.8 Å². The van der Waals surface area contributed by atoms with Gasteiger partial charge < -0.3 is 20.1 Å². The Morgan fingerprint density at radius 1 is 1.41 bits per heavy atom. The normalized spacial score (nSPS) is 14.5. The van der Waals surface area contributed by atoms with Crippen LogP contribution in [0.4, 0.5) is 0 Å². The van der Waals surface area contributed by atoms with Gasteiger partial charge in [-0.2, -0.15) is 0 Å². The molecule has 0 aliphatic heterocycles. The predicted octanol–water partition coefficient (Wildman–Crippen LogP) is 1.21. The van der Waals surface area contributed by atoms with Crippen LogP contribution in [0.2, 0.25) is 10.0 Å². The lowest BCUT2D eigenvalue weighted by atomic mass is 10.1. The van der Waals surface area contributed by atoms with Crippen LogP contribution >= 0.6 is 35.0 Å². The van der Waals surface area contributed by atoms with E-state index >= 15 is 0 Å². The number of ether oxygens (including phenoxy) is 1. The molecule has 1 aromatic carbocycles. The molecule has 0 fully saturated rings. The van der Waals surface area contributed by atoms with Crippen LogP contribution in [0.5, 0.6) is 17.2 Å². The Morgan fingerprint density at radius 3 is 2.35 bits per heavy atom. The highest BCUT2D eigenvalue weighted by molar-refractivity contribution is 7.99. The van der Waals surface area contributed by atoms with Crippen LogP contribution in [0.1, 0.15) is 5.56 Å². The molecule has 96 valence electrons. The van der Waals surface area contributed by atoms with E-state index in [0.29, 0.717) is 0 Å². The molecule has 1 unspecified atom stereocenters. The van der Waals surface area contributed by atoms with E-state index in [0.717, 1.165) is 11.8 Å². The molecule has 0 saturated heterocycles. The van der Waals surface area contributed by atoms with E-state index in [2.05, 4.69) is 0 Å². The van der Waals surface area contributed by atoms with Crippen molar-refractivity contribution in [2.24, 2.45) is 5.73 Å². The number of benzene rings is 1. The van der Waals surface area contributed by atoms with E-state index in [1.807, 2.05) is 0 Å². The summed E-state index contributed by atoms with van der Waals surface area (Å²) in [5, 5.41) is 28.7. The molecule has 5 nitrogen and oxygen atoms in total. The first-order chi connectivity index (χ1) is 7.77. The molecule has 4 N–H and O–H groups in total. The second-order valence-corrected chi connectivity index (χ2v) is 4.90. The molecule has 0 aliphatic carbocycles. The minimum absolute atomic E-state index is 0.156. The molecule has 0 amide bonds. The summed E-state index contributed by atoms with van der Waals surface area (Å²) >= 11 is 12.2. The molecule has 8 heteroatoms. The van der Waals surface area contributed by atoms with Crippen molar-refractivity contribution in [3.05, 3.63) is 15.6 Å². The van der Waals surface area contributed by atoms with Crippen molar-refractivity contribution in [1.82, 2.24) is 0 Å². The zero-order chi connectivity index (χ0) is 13.4. The second-order valence-electron chi connectivity index (χ2n) is 3.11. The average Bonchev–Trinajstić information content (AvgIpc) is 2.27. The Morgan fingerprint density at radius 2 is 1.94 bits per heavy atom. The smallest absolute Gasteiger partial charge is 0.191 e. The lowest BCUT2D eigenvalue weighted by molar-refractivity contribution is -0.270. The van der Waals surface area contributed by atoms with Gasteiger partial charge >= 0.3 is 0 Å². The maximum atomic E-state index is 11.8. The number of halogens is 2. The van der Waals surface area contributed by atoms with Gasteiger partial charge in [0, 0.05) is 5.56 Å². The molecular weight excluding hydrogens is 289 g/mol. The van der Waals surface area contributed by atoms with Gasteiger partial charge in [0.15, 0.2) is 10.8 Å². The first-order valence-electron chi connectivity index (χ1n) is 4.29. The number of aliphatic hydroxyl groups is 1. The van der Waals surface area contributed by atoms with Crippen molar-refractivity contribution in [2.75, 3.05) is 13.4 Å². The van der Waals surface area contributed by atoms with Gasteiger partial charge in [-0.15, -0.1) is 11.8 Å². The second kappa shape index (κ2) is 4.99. The minimum Gasteiger partial charge on any atom is -0.871 e. The van der Waals surface area contributed by atoms with Crippen molar-refractivity contribution in [1.29, 1.82) is 0 Å². The molecule has 1 aromatic rings. The third kappa shape index (κ3) is 2.36. The average molecular weight is 299 g/mol. The van der Waals surface area contributed by atoms with Gasteiger partial charge in [-0.25, -0.2) is 0 Å². The molecule has 0 bridgehead atoms. The van der Waals surface area contributed by atoms with E-state index in [1.165, 1.54) is 13.4 Å². The molecule has 0 aromatic heterocycles. The summed E-state index contributed by atoms with van der Waals surface area (Å²) in [6.07, 6.45) is 1.46. The Hall–Kier alpha value is -0.530. The number of nitrogens with two attached hydrogens (primary N) is 1. The summed E-state index contributed by atoms with van der Waals surface area (Å²) < 4.78 is 4.79. The largest absolute Gasteiger partial charge is 0.871 e. The van der Waals surface area contributed by atoms with E-state index in [4.69, 9.17) is 33.7 Å². The summed E-state index contributed by atoms with van der Waals surface area (Å²) in [7, 11) is 1.24. The minimum atomic E-state index is -2.08. The lowest BCUT2D eigenvalue weighted by Gasteiger charge is -2.29. The molecule has 0 saturated carbocycles. The van der Waals surface area contributed by atoms with Crippen molar-refractivity contribution in [3.8, 4) is 17.2 Å². The summed E-state index contributed by atoms with van der Waals surface area (Å²) in [6, 6.07) is 0. The quantitative estimate of drug-likeness (QED) is 0.726. The number of rotatable bonds is 3. The van der Waals surface area contributed by atoms with Crippen LogP contribution in [-0.4, -0.2) is 23.6 Å². The van der Waals surface area contributed by atoms with Crippen molar-refractivity contribution in [2.45, 2.75) is 5.06 Å². The van der Waals surface area contributed by atoms with Gasteiger partial charge in [-0.3, -0.25) is 5.73 Å².